The van der Waals surface area contributed by atoms with Gasteiger partial charge in [-0.2, -0.15) is 0 Å². The van der Waals surface area contributed by atoms with Gasteiger partial charge in [-0.25, -0.2) is 0 Å². The van der Waals surface area contributed by atoms with Gasteiger partial charge in [-0.05, 0) is 18.1 Å². The molecule has 0 bridgehead atoms. The zero-order valence-corrected chi connectivity index (χ0v) is 10.2. The van der Waals surface area contributed by atoms with Gasteiger partial charge in [0.1, 0.15) is 5.60 Å². The highest BCUT2D eigenvalue weighted by Crippen LogP contribution is 2.24. The third kappa shape index (κ3) is 2.68. The van der Waals surface area contributed by atoms with E-state index in [0.29, 0.717) is 6.42 Å². The summed E-state index contributed by atoms with van der Waals surface area (Å²) in [7, 11) is 0. The van der Waals surface area contributed by atoms with Crippen molar-refractivity contribution in [2.24, 2.45) is 5.92 Å². The molecular formula is C15H16O3. The molecule has 0 atom stereocenters. The monoisotopic (exact) mass is 244 g/mol. The molecule has 3 heteroatoms. The van der Waals surface area contributed by atoms with Gasteiger partial charge in [-0.3, -0.25) is 4.79 Å². The summed E-state index contributed by atoms with van der Waals surface area (Å²) in [6.07, 6.45) is 6.65. The molecule has 0 heterocycles. The van der Waals surface area contributed by atoms with Crippen LogP contribution >= 0.6 is 0 Å². The lowest BCUT2D eigenvalue weighted by molar-refractivity contribution is -0.138. The van der Waals surface area contributed by atoms with Crippen LogP contribution in [0.2, 0.25) is 0 Å². The molecule has 94 valence electrons. The molecule has 0 aromatic heterocycles. The molecule has 0 saturated heterocycles. The summed E-state index contributed by atoms with van der Waals surface area (Å²) in [5.41, 5.74) is 1.09. The molecule has 1 aromatic carbocycles. The molecule has 1 aromatic rings. The Balaban J connectivity index is 2.16. The zero-order chi connectivity index (χ0) is 13.2. The minimum Gasteiger partial charge on any atom is -0.481 e. The van der Waals surface area contributed by atoms with Gasteiger partial charge in [0.25, 0.3) is 0 Å². The van der Waals surface area contributed by atoms with Gasteiger partial charge in [-0.15, -0.1) is 0 Å². The first-order valence-corrected chi connectivity index (χ1v) is 5.89. The molecule has 0 spiro atoms. The van der Waals surface area contributed by atoms with Crippen molar-refractivity contribution in [3.05, 3.63) is 59.7 Å². The second-order valence-corrected chi connectivity index (χ2v) is 4.68. The quantitative estimate of drug-likeness (QED) is 0.800. The maximum atomic E-state index is 10.8. The first-order chi connectivity index (χ1) is 8.50. The van der Waals surface area contributed by atoms with Crippen LogP contribution in [0.5, 0.6) is 0 Å². The first-order valence-electron chi connectivity index (χ1n) is 5.89. The lowest BCUT2D eigenvalue weighted by Crippen LogP contribution is -2.30. The third-order valence-corrected chi connectivity index (χ3v) is 3.20. The van der Waals surface area contributed by atoms with Crippen LogP contribution in [-0.4, -0.2) is 21.8 Å². The van der Waals surface area contributed by atoms with E-state index in [1.54, 1.807) is 12.2 Å². The highest BCUT2D eigenvalue weighted by atomic mass is 16.4. The lowest BCUT2D eigenvalue weighted by Gasteiger charge is -2.25. The second-order valence-electron chi connectivity index (χ2n) is 4.68. The molecule has 0 saturated carbocycles. The van der Waals surface area contributed by atoms with Crippen LogP contribution in [-0.2, 0) is 11.2 Å². The smallest absolute Gasteiger partial charge is 0.314 e. The Morgan fingerprint density at radius 3 is 2.44 bits per heavy atom. The summed E-state index contributed by atoms with van der Waals surface area (Å²) < 4.78 is 0. The number of aliphatic hydroxyl groups is 1. The van der Waals surface area contributed by atoms with Gasteiger partial charge in [0.2, 0.25) is 0 Å². The summed E-state index contributed by atoms with van der Waals surface area (Å²) in [5.74, 6) is -1.54. The third-order valence-electron chi connectivity index (χ3n) is 3.20. The van der Waals surface area contributed by atoms with Crippen LogP contribution in [0.3, 0.4) is 0 Å². The van der Waals surface area contributed by atoms with E-state index in [1.807, 2.05) is 31.2 Å². The van der Waals surface area contributed by atoms with Crippen molar-refractivity contribution in [1.29, 1.82) is 0 Å². The summed E-state index contributed by atoms with van der Waals surface area (Å²) in [4.78, 5) is 10.8. The Labute approximate surface area is 106 Å². The Morgan fingerprint density at radius 1 is 1.28 bits per heavy atom. The fourth-order valence-corrected chi connectivity index (χ4v) is 2.06. The molecule has 0 radical (unpaired) electrons. The van der Waals surface area contributed by atoms with E-state index in [9.17, 15) is 9.90 Å². The summed E-state index contributed by atoms with van der Waals surface area (Å²) in [6.45, 7) is 2.00. The van der Waals surface area contributed by atoms with Gasteiger partial charge in [0, 0.05) is 6.42 Å². The highest BCUT2D eigenvalue weighted by molar-refractivity contribution is 5.75. The van der Waals surface area contributed by atoms with Crippen molar-refractivity contribution >= 4 is 5.97 Å². The average molecular weight is 244 g/mol. The molecule has 1 aliphatic rings. The standard InChI is InChI=1S/C15H16O3/c1-11-4-2-3-5-13(11)10-15(18)8-6-12(7-9-15)14(16)17/h2-9,12,18H,10H2,1H3,(H,16,17). The lowest BCUT2D eigenvalue weighted by atomic mass is 9.86. The Bertz CT molecular complexity index is 500. The number of aliphatic carboxylic acids is 1. The van der Waals surface area contributed by atoms with E-state index in [0.717, 1.165) is 11.1 Å². The van der Waals surface area contributed by atoms with Crippen LogP contribution in [0.4, 0.5) is 0 Å². The van der Waals surface area contributed by atoms with E-state index >= 15 is 0 Å². The van der Waals surface area contributed by atoms with Crippen LogP contribution in [0.25, 0.3) is 0 Å². The van der Waals surface area contributed by atoms with Gasteiger partial charge < -0.3 is 10.2 Å². The predicted molar refractivity (Wildman–Crippen MR) is 69.2 cm³/mol. The average Bonchev–Trinajstić information content (AvgIpc) is 2.32. The largest absolute Gasteiger partial charge is 0.481 e. The number of aryl methyl sites for hydroxylation is 1. The van der Waals surface area contributed by atoms with Crippen molar-refractivity contribution in [2.75, 3.05) is 0 Å². The number of rotatable bonds is 3. The minimum absolute atomic E-state index is 0.457. The fourth-order valence-electron chi connectivity index (χ4n) is 2.06. The molecule has 0 unspecified atom stereocenters. The van der Waals surface area contributed by atoms with E-state index < -0.39 is 17.5 Å². The highest BCUT2D eigenvalue weighted by Gasteiger charge is 2.26. The molecule has 0 aliphatic heterocycles. The molecule has 2 N–H and O–H groups in total. The Kier molecular flexibility index (Phi) is 3.34. The molecule has 0 amide bonds. The van der Waals surface area contributed by atoms with Gasteiger partial charge in [0.05, 0.1) is 5.92 Å². The minimum atomic E-state index is -1.09. The van der Waals surface area contributed by atoms with Gasteiger partial charge >= 0.3 is 5.97 Å². The molecule has 0 fully saturated rings. The summed E-state index contributed by atoms with van der Waals surface area (Å²) >= 11 is 0. The van der Waals surface area contributed by atoms with E-state index in [2.05, 4.69) is 0 Å². The number of hydrogen-bond donors (Lipinski definition) is 2. The summed E-state index contributed by atoms with van der Waals surface area (Å²) in [5, 5.41) is 19.2. The number of hydrogen-bond acceptors (Lipinski definition) is 2. The second kappa shape index (κ2) is 4.78. The number of carboxylic acid groups (broad SMARTS) is 1. The van der Waals surface area contributed by atoms with Crippen LogP contribution in [0, 0.1) is 12.8 Å². The maximum Gasteiger partial charge on any atom is 0.314 e. The SMILES string of the molecule is Cc1ccccc1CC1(O)C=CC(C(=O)O)C=C1. The van der Waals surface area contributed by atoms with Crippen LogP contribution in [0.15, 0.2) is 48.6 Å². The zero-order valence-electron chi connectivity index (χ0n) is 10.2. The van der Waals surface area contributed by atoms with Crippen LogP contribution in [0.1, 0.15) is 11.1 Å². The molecule has 3 nitrogen and oxygen atoms in total. The van der Waals surface area contributed by atoms with Gasteiger partial charge in [-0.1, -0.05) is 48.6 Å². The fraction of sp³-hybridized carbons (Fsp3) is 0.267. The predicted octanol–water partition coefficient (Wildman–Crippen LogP) is 2.10. The molecule has 2 rings (SSSR count). The molecular weight excluding hydrogens is 228 g/mol. The number of carbonyl (C=O) groups is 1. The first kappa shape index (κ1) is 12.6. The Morgan fingerprint density at radius 2 is 1.89 bits per heavy atom. The topological polar surface area (TPSA) is 57.5 Å². The normalized spacial score (nSPS) is 26.2. The van der Waals surface area contributed by atoms with Crippen LogP contribution < -0.4 is 0 Å². The van der Waals surface area contributed by atoms with Gasteiger partial charge in [0.15, 0.2) is 0 Å². The number of benzene rings is 1. The van der Waals surface area contributed by atoms with E-state index in [4.69, 9.17) is 5.11 Å². The number of carboxylic acids is 1. The molecule has 1 aliphatic carbocycles. The van der Waals surface area contributed by atoms with E-state index in [1.165, 1.54) is 12.2 Å². The van der Waals surface area contributed by atoms with Crippen molar-refractivity contribution in [1.82, 2.24) is 0 Å². The van der Waals surface area contributed by atoms with Crippen molar-refractivity contribution in [3.8, 4) is 0 Å². The van der Waals surface area contributed by atoms with Crippen molar-refractivity contribution in [3.63, 3.8) is 0 Å². The summed E-state index contributed by atoms with van der Waals surface area (Å²) in [6, 6.07) is 7.85. The maximum absolute atomic E-state index is 10.8. The van der Waals surface area contributed by atoms with E-state index in [-0.39, 0.29) is 0 Å². The Hall–Kier alpha value is -1.87. The van der Waals surface area contributed by atoms with Crippen molar-refractivity contribution < 1.29 is 15.0 Å². The molecule has 18 heavy (non-hydrogen) atoms. The van der Waals surface area contributed by atoms with Crippen molar-refractivity contribution in [2.45, 2.75) is 18.9 Å².